The van der Waals surface area contributed by atoms with E-state index >= 15 is 0 Å². The Bertz CT molecular complexity index is 571. The van der Waals surface area contributed by atoms with Crippen molar-refractivity contribution in [3.63, 3.8) is 0 Å². The first-order chi connectivity index (χ1) is 10.5. The maximum atomic E-state index is 12.2. The van der Waals surface area contributed by atoms with E-state index < -0.39 is 12.1 Å². The Morgan fingerprint density at radius 2 is 2.05 bits per heavy atom. The van der Waals surface area contributed by atoms with Crippen molar-refractivity contribution in [3.05, 3.63) is 42.5 Å². The molecule has 0 fully saturated rings. The highest BCUT2D eigenvalue weighted by molar-refractivity contribution is 8.00. The van der Waals surface area contributed by atoms with Crippen LogP contribution in [0.5, 0.6) is 0 Å². The van der Waals surface area contributed by atoms with E-state index in [0.29, 0.717) is 17.0 Å². The van der Waals surface area contributed by atoms with E-state index in [0.717, 1.165) is 0 Å². The number of rotatable bonds is 8. The number of benzene rings is 1. The van der Waals surface area contributed by atoms with Crippen LogP contribution in [0.4, 0.5) is 0 Å². The van der Waals surface area contributed by atoms with Gasteiger partial charge in [0, 0.05) is 11.4 Å². The second kappa shape index (κ2) is 9.04. The Balaban J connectivity index is 2.74. The van der Waals surface area contributed by atoms with Gasteiger partial charge in [-0.15, -0.1) is 18.3 Å². The first-order valence-corrected chi connectivity index (χ1v) is 7.75. The molecule has 1 amide bonds. The van der Waals surface area contributed by atoms with Gasteiger partial charge in [0.1, 0.15) is 5.78 Å². The average Bonchev–Trinajstić information content (AvgIpc) is 2.50. The summed E-state index contributed by atoms with van der Waals surface area (Å²) in [5.41, 5.74) is 0.345. The van der Waals surface area contributed by atoms with Crippen LogP contribution >= 0.6 is 11.8 Å². The highest BCUT2D eigenvalue weighted by atomic mass is 32.2. The fraction of sp³-hybridized carbons (Fsp3) is 0.312. The first-order valence-electron chi connectivity index (χ1n) is 6.76. The van der Waals surface area contributed by atoms with Crippen molar-refractivity contribution in [1.82, 2.24) is 5.32 Å². The van der Waals surface area contributed by atoms with E-state index in [9.17, 15) is 14.4 Å². The minimum atomic E-state index is -0.904. The number of thioether (sulfide) groups is 1. The average molecular weight is 321 g/mol. The summed E-state index contributed by atoms with van der Waals surface area (Å²) in [7, 11) is 0. The molecular formula is C16H19NO4S. The Hall–Kier alpha value is -2.08. The lowest BCUT2D eigenvalue weighted by Crippen LogP contribution is -2.35. The van der Waals surface area contributed by atoms with Crippen molar-refractivity contribution in [1.29, 1.82) is 0 Å². The summed E-state index contributed by atoms with van der Waals surface area (Å²) < 4.78 is 5.16. The van der Waals surface area contributed by atoms with Gasteiger partial charge in [-0.3, -0.25) is 9.59 Å². The standard InChI is InChI=1S/C16H19NO4S/c1-4-9-17-15(19)12(3)21-16(20)13-7-5-6-8-14(13)22-10-11(2)18/h4-8,12H,1,9-10H2,2-3H3,(H,17,19)/t12-/m1/s1. The van der Waals surface area contributed by atoms with Gasteiger partial charge < -0.3 is 10.1 Å². The number of esters is 1. The highest BCUT2D eigenvalue weighted by Gasteiger charge is 2.20. The molecule has 0 saturated carbocycles. The summed E-state index contributed by atoms with van der Waals surface area (Å²) >= 11 is 1.27. The van der Waals surface area contributed by atoms with Gasteiger partial charge in [-0.1, -0.05) is 18.2 Å². The van der Waals surface area contributed by atoms with Crippen LogP contribution < -0.4 is 5.32 Å². The second-order valence-electron chi connectivity index (χ2n) is 4.57. The predicted molar refractivity (Wildman–Crippen MR) is 85.9 cm³/mol. The summed E-state index contributed by atoms with van der Waals surface area (Å²) in [4.78, 5) is 35.6. The molecule has 5 nitrogen and oxygen atoms in total. The van der Waals surface area contributed by atoms with Crippen molar-refractivity contribution < 1.29 is 19.1 Å². The van der Waals surface area contributed by atoms with Gasteiger partial charge >= 0.3 is 5.97 Å². The number of nitrogens with one attached hydrogen (secondary N) is 1. The monoisotopic (exact) mass is 321 g/mol. The predicted octanol–water partition coefficient (Wildman–Crippen LogP) is 2.22. The molecular weight excluding hydrogens is 302 g/mol. The number of ether oxygens (including phenoxy) is 1. The van der Waals surface area contributed by atoms with Crippen LogP contribution in [0.15, 0.2) is 41.8 Å². The number of amides is 1. The molecule has 0 radical (unpaired) electrons. The number of carbonyl (C=O) groups is 3. The number of Topliss-reactive ketones (excluding diaryl/α,β-unsaturated/α-hetero) is 1. The zero-order valence-corrected chi connectivity index (χ0v) is 13.4. The fourth-order valence-corrected chi connectivity index (χ4v) is 2.38. The van der Waals surface area contributed by atoms with E-state index in [-0.39, 0.29) is 17.4 Å². The van der Waals surface area contributed by atoms with Gasteiger partial charge in [-0.05, 0) is 26.0 Å². The van der Waals surface area contributed by atoms with E-state index in [1.165, 1.54) is 25.6 Å². The van der Waals surface area contributed by atoms with Crippen LogP contribution in [0.3, 0.4) is 0 Å². The van der Waals surface area contributed by atoms with Crippen molar-refractivity contribution in [2.75, 3.05) is 12.3 Å². The Morgan fingerprint density at radius 3 is 2.68 bits per heavy atom. The quantitative estimate of drug-likeness (QED) is 0.451. The molecule has 0 aliphatic carbocycles. The number of hydrogen-bond acceptors (Lipinski definition) is 5. The van der Waals surface area contributed by atoms with Gasteiger partial charge in [0.15, 0.2) is 6.10 Å². The van der Waals surface area contributed by atoms with Crippen LogP contribution in [-0.4, -0.2) is 36.1 Å². The molecule has 1 rings (SSSR count). The molecule has 0 unspecified atom stereocenters. The molecule has 0 spiro atoms. The topological polar surface area (TPSA) is 72.5 Å². The van der Waals surface area contributed by atoms with Crippen molar-refractivity contribution >= 4 is 29.4 Å². The molecule has 22 heavy (non-hydrogen) atoms. The molecule has 1 aromatic rings. The van der Waals surface area contributed by atoms with Gasteiger partial charge in [0.2, 0.25) is 0 Å². The van der Waals surface area contributed by atoms with Gasteiger partial charge in [0.05, 0.1) is 11.3 Å². The smallest absolute Gasteiger partial charge is 0.340 e. The lowest BCUT2D eigenvalue weighted by molar-refractivity contribution is -0.128. The van der Waals surface area contributed by atoms with E-state index in [4.69, 9.17) is 4.74 Å². The minimum absolute atomic E-state index is 0.0188. The molecule has 1 atom stereocenters. The number of carbonyl (C=O) groups excluding carboxylic acids is 3. The highest BCUT2D eigenvalue weighted by Crippen LogP contribution is 2.23. The lowest BCUT2D eigenvalue weighted by atomic mass is 10.2. The third-order valence-electron chi connectivity index (χ3n) is 2.61. The molecule has 1 aromatic carbocycles. The van der Waals surface area contributed by atoms with Crippen LogP contribution in [0.25, 0.3) is 0 Å². The largest absolute Gasteiger partial charge is 0.449 e. The van der Waals surface area contributed by atoms with E-state index in [2.05, 4.69) is 11.9 Å². The molecule has 0 aliphatic rings. The third kappa shape index (κ3) is 5.73. The zero-order valence-electron chi connectivity index (χ0n) is 12.6. The fourth-order valence-electron chi connectivity index (χ4n) is 1.53. The van der Waals surface area contributed by atoms with E-state index in [1.807, 2.05) is 0 Å². The van der Waals surface area contributed by atoms with Crippen molar-refractivity contribution in [2.24, 2.45) is 0 Å². The third-order valence-corrected chi connectivity index (χ3v) is 3.83. The van der Waals surface area contributed by atoms with Crippen LogP contribution in [0.2, 0.25) is 0 Å². The summed E-state index contributed by atoms with van der Waals surface area (Å²) in [5.74, 6) is -0.681. The summed E-state index contributed by atoms with van der Waals surface area (Å²) in [6, 6.07) is 6.84. The van der Waals surface area contributed by atoms with Gasteiger partial charge in [0.25, 0.3) is 5.91 Å². The zero-order chi connectivity index (χ0) is 16.5. The van der Waals surface area contributed by atoms with Crippen molar-refractivity contribution in [3.8, 4) is 0 Å². The summed E-state index contributed by atoms with van der Waals surface area (Å²) in [6.45, 7) is 6.79. The number of hydrogen-bond donors (Lipinski definition) is 1. The summed E-state index contributed by atoms with van der Waals surface area (Å²) in [6.07, 6.45) is 0.637. The molecule has 0 saturated heterocycles. The molecule has 0 aromatic heterocycles. The molecule has 0 heterocycles. The van der Waals surface area contributed by atoms with Crippen molar-refractivity contribution in [2.45, 2.75) is 24.8 Å². The SMILES string of the molecule is C=CCNC(=O)[C@@H](C)OC(=O)c1ccccc1SCC(C)=O. The Labute approximate surface area is 134 Å². The normalized spacial score (nSPS) is 11.4. The molecule has 0 bridgehead atoms. The Kier molecular flexibility index (Phi) is 7.39. The second-order valence-corrected chi connectivity index (χ2v) is 5.59. The maximum Gasteiger partial charge on any atom is 0.340 e. The molecule has 118 valence electrons. The molecule has 0 aliphatic heterocycles. The van der Waals surface area contributed by atoms with E-state index in [1.54, 1.807) is 30.3 Å². The van der Waals surface area contributed by atoms with Crippen LogP contribution in [-0.2, 0) is 14.3 Å². The maximum absolute atomic E-state index is 12.2. The minimum Gasteiger partial charge on any atom is -0.449 e. The van der Waals surface area contributed by atoms with Gasteiger partial charge in [-0.2, -0.15) is 0 Å². The molecule has 1 N–H and O–H groups in total. The molecule has 6 heteroatoms. The Morgan fingerprint density at radius 1 is 1.36 bits per heavy atom. The number of ketones is 1. The van der Waals surface area contributed by atoms with Crippen LogP contribution in [0.1, 0.15) is 24.2 Å². The van der Waals surface area contributed by atoms with Gasteiger partial charge in [-0.25, -0.2) is 4.79 Å². The first kappa shape index (κ1) is 18.0. The lowest BCUT2D eigenvalue weighted by Gasteiger charge is -2.14. The summed E-state index contributed by atoms with van der Waals surface area (Å²) in [5, 5.41) is 2.56. The van der Waals surface area contributed by atoms with Crippen LogP contribution in [0, 0.1) is 0 Å².